The molecule has 9 N–H and O–H groups in total. The van der Waals surface area contributed by atoms with Crippen molar-refractivity contribution in [3.05, 3.63) is 68.5 Å². The molecule has 24 heteroatoms. The maximum Gasteiger partial charge on any atom is 0.490 e. The standard InChI is InChI=1S/C22H27N4O17P3/c23-21(30)24-15(13-5-2-1-3-6-13)9-19(28)39-8-4-7-14-11-26(22(31)25-20(14)29)18-10-16(27)17(41-18)12-40-45(35,36)43-46(37,38)42-44(32,33)34/h1-3,5-6,11,15-18,27H,8-10,12H2,(H,35,36)(H,37,38)(H3,23,24,30)(H,25,29,31)(H2,32,33,34)/t15?,16-,17+,18+/m0/s1. The molecular formula is C22H27N4O17P3. The van der Waals surface area contributed by atoms with Gasteiger partial charge in [-0.2, -0.15) is 8.62 Å². The van der Waals surface area contributed by atoms with Gasteiger partial charge in [-0.15, -0.1) is 0 Å². The van der Waals surface area contributed by atoms with Crippen molar-refractivity contribution in [2.24, 2.45) is 5.73 Å². The average molecular weight is 712 g/mol. The number of aromatic amines is 1. The first-order valence-corrected chi connectivity index (χ1v) is 17.1. The van der Waals surface area contributed by atoms with E-state index in [2.05, 4.69) is 30.3 Å². The van der Waals surface area contributed by atoms with Gasteiger partial charge in [-0.25, -0.2) is 23.3 Å². The molecule has 46 heavy (non-hydrogen) atoms. The highest BCUT2D eigenvalue weighted by Crippen LogP contribution is 2.66. The lowest BCUT2D eigenvalue weighted by Gasteiger charge is -2.19. The van der Waals surface area contributed by atoms with Crippen molar-refractivity contribution in [1.82, 2.24) is 14.9 Å². The van der Waals surface area contributed by atoms with Crippen LogP contribution in [-0.4, -0.2) is 71.7 Å². The van der Waals surface area contributed by atoms with Crippen LogP contribution in [0.5, 0.6) is 0 Å². The van der Waals surface area contributed by atoms with E-state index < -0.39 is 84.4 Å². The third-order valence-electron chi connectivity index (χ3n) is 5.72. The van der Waals surface area contributed by atoms with Crippen molar-refractivity contribution in [3.63, 3.8) is 0 Å². The molecule has 1 aliphatic heterocycles. The first kappa shape index (κ1) is 37.0. The average Bonchev–Trinajstić information content (AvgIpc) is 3.28. The molecule has 1 fully saturated rings. The van der Waals surface area contributed by atoms with Crippen LogP contribution >= 0.6 is 23.5 Å². The highest BCUT2D eigenvalue weighted by molar-refractivity contribution is 7.66. The van der Waals surface area contributed by atoms with E-state index in [9.17, 15) is 47.8 Å². The molecule has 0 radical (unpaired) electrons. The first-order chi connectivity index (χ1) is 21.3. The Morgan fingerprint density at radius 2 is 1.78 bits per heavy atom. The van der Waals surface area contributed by atoms with Gasteiger partial charge < -0.3 is 45.2 Å². The molecule has 0 spiro atoms. The number of phosphoric acid groups is 3. The number of carbonyl (C=O) groups is 2. The summed E-state index contributed by atoms with van der Waals surface area (Å²) in [5.41, 5.74) is 3.56. The van der Waals surface area contributed by atoms with E-state index in [1.807, 2.05) is 4.98 Å². The van der Waals surface area contributed by atoms with Crippen LogP contribution < -0.4 is 22.3 Å². The Morgan fingerprint density at radius 3 is 2.41 bits per heavy atom. The van der Waals surface area contributed by atoms with Crippen molar-refractivity contribution in [2.45, 2.75) is 37.3 Å². The van der Waals surface area contributed by atoms with Gasteiger partial charge in [0.1, 0.15) is 17.9 Å². The molecule has 2 aromatic rings. The van der Waals surface area contributed by atoms with E-state index in [1.54, 1.807) is 30.3 Å². The predicted molar refractivity (Wildman–Crippen MR) is 150 cm³/mol. The van der Waals surface area contributed by atoms with Crippen molar-refractivity contribution in [2.75, 3.05) is 13.2 Å². The highest BCUT2D eigenvalue weighted by Gasteiger charge is 2.43. The SMILES string of the molecule is NC(=O)NC(CC(=O)OCC#Cc1cn([C@H]2C[C@H](O)[C@@H](COP(=O)(O)OP(=O)(O)OP(=O)(O)O)O2)c(=O)[nH]c1=O)c1ccccc1. The second-order valence-electron chi connectivity index (χ2n) is 9.17. The van der Waals surface area contributed by atoms with Crippen LogP contribution in [0.25, 0.3) is 0 Å². The molecule has 2 amide bonds. The number of amides is 2. The number of benzene rings is 1. The molecule has 252 valence electrons. The molecule has 6 atom stereocenters. The Kier molecular flexibility index (Phi) is 12.4. The molecule has 2 heterocycles. The van der Waals surface area contributed by atoms with Crippen LogP contribution in [0.3, 0.4) is 0 Å². The fourth-order valence-electron chi connectivity index (χ4n) is 3.88. The van der Waals surface area contributed by atoms with Gasteiger partial charge in [0, 0.05) is 12.6 Å². The van der Waals surface area contributed by atoms with Gasteiger partial charge in [0.05, 0.1) is 25.2 Å². The second-order valence-corrected chi connectivity index (χ2v) is 13.6. The molecule has 3 rings (SSSR count). The largest absolute Gasteiger partial charge is 0.490 e. The zero-order valence-corrected chi connectivity index (χ0v) is 25.8. The quantitative estimate of drug-likeness (QED) is 0.0717. The van der Waals surface area contributed by atoms with Gasteiger partial charge in [-0.1, -0.05) is 42.2 Å². The summed E-state index contributed by atoms with van der Waals surface area (Å²) in [4.78, 5) is 86.3. The fraction of sp³-hybridized carbons (Fsp3) is 0.364. The van der Waals surface area contributed by atoms with Crippen LogP contribution in [0, 0.1) is 11.8 Å². The van der Waals surface area contributed by atoms with Crippen molar-refractivity contribution >= 4 is 35.5 Å². The van der Waals surface area contributed by atoms with E-state index in [4.69, 9.17) is 25.0 Å². The maximum atomic E-state index is 12.4. The number of aliphatic hydroxyl groups excluding tert-OH is 1. The summed E-state index contributed by atoms with van der Waals surface area (Å²) in [6.07, 6.45) is -3.85. The smallest absolute Gasteiger partial charge is 0.452 e. The zero-order valence-electron chi connectivity index (χ0n) is 23.1. The minimum Gasteiger partial charge on any atom is -0.452 e. The van der Waals surface area contributed by atoms with Gasteiger partial charge in [0.2, 0.25) is 0 Å². The minimum atomic E-state index is -5.77. The first-order valence-electron chi connectivity index (χ1n) is 12.6. The van der Waals surface area contributed by atoms with E-state index >= 15 is 0 Å². The third kappa shape index (κ3) is 11.7. The van der Waals surface area contributed by atoms with Crippen LogP contribution in [-0.2, 0) is 41.1 Å². The normalized spacial score (nSPS) is 21.2. The lowest BCUT2D eigenvalue weighted by Crippen LogP contribution is -2.34. The number of hydrogen-bond acceptors (Lipinski definition) is 13. The summed E-state index contributed by atoms with van der Waals surface area (Å²) in [7, 11) is -16.9. The van der Waals surface area contributed by atoms with E-state index in [-0.39, 0.29) is 18.4 Å². The number of primary amides is 1. The Bertz CT molecular complexity index is 1750. The fourth-order valence-corrected chi connectivity index (χ4v) is 6.91. The molecule has 3 unspecified atom stereocenters. The predicted octanol–water partition coefficient (Wildman–Crippen LogP) is -0.777. The number of phosphoric ester groups is 1. The Balaban J connectivity index is 1.61. The van der Waals surface area contributed by atoms with Gasteiger partial charge in [0.25, 0.3) is 5.56 Å². The number of esters is 1. The van der Waals surface area contributed by atoms with Crippen LogP contribution in [0.1, 0.15) is 36.2 Å². The number of rotatable bonds is 13. The number of carbonyl (C=O) groups excluding carboxylic acids is 2. The molecule has 1 aromatic carbocycles. The zero-order chi connectivity index (χ0) is 34.3. The molecular weight excluding hydrogens is 685 g/mol. The van der Waals surface area contributed by atoms with Gasteiger partial charge >= 0.3 is 41.2 Å². The molecule has 1 aliphatic rings. The summed E-state index contributed by atoms with van der Waals surface area (Å²) < 4.78 is 57.0. The number of hydrogen-bond donors (Lipinski definition) is 8. The van der Waals surface area contributed by atoms with Crippen LogP contribution in [0.4, 0.5) is 4.79 Å². The van der Waals surface area contributed by atoms with Gasteiger partial charge in [-0.3, -0.25) is 23.7 Å². The number of aromatic nitrogens is 2. The molecule has 0 aliphatic carbocycles. The Labute approximate surface area is 257 Å². The number of urea groups is 1. The molecule has 21 nitrogen and oxygen atoms in total. The highest BCUT2D eigenvalue weighted by atomic mass is 31.3. The molecule has 0 bridgehead atoms. The molecule has 1 saturated heterocycles. The summed E-state index contributed by atoms with van der Waals surface area (Å²) in [5, 5.41) is 12.7. The number of ether oxygens (including phenoxy) is 2. The molecule has 1 aromatic heterocycles. The lowest BCUT2D eigenvalue weighted by molar-refractivity contribution is -0.142. The van der Waals surface area contributed by atoms with E-state index in [0.717, 1.165) is 10.8 Å². The maximum absolute atomic E-state index is 12.4. The monoisotopic (exact) mass is 712 g/mol. The van der Waals surface area contributed by atoms with Crippen molar-refractivity contribution < 1.29 is 70.6 Å². The number of nitrogens with one attached hydrogen (secondary N) is 2. The van der Waals surface area contributed by atoms with E-state index in [0.29, 0.717) is 5.56 Å². The summed E-state index contributed by atoms with van der Waals surface area (Å²) in [5.74, 6) is 4.08. The Morgan fingerprint density at radius 1 is 1.11 bits per heavy atom. The van der Waals surface area contributed by atoms with Gasteiger partial charge in [0.15, 0.2) is 6.61 Å². The van der Waals surface area contributed by atoms with Crippen molar-refractivity contribution in [3.8, 4) is 11.8 Å². The number of H-pyrrole nitrogens is 1. The molecule has 0 saturated carbocycles. The van der Waals surface area contributed by atoms with Crippen LogP contribution in [0.2, 0.25) is 0 Å². The van der Waals surface area contributed by atoms with Crippen LogP contribution in [0.15, 0.2) is 46.1 Å². The summed E-state index contributed by atoms with van der Waals surface area (Å²) >= 11 is 0. The number of aliphatic hydroxyl groups is 1. The second kappa shape index (κ2) is 15.4. The van der Waals surface area contributed by atoms with Crippen molar-refractivity contribution in [1.29, 1.82) is 0 Å². The topological polar surface area (TPSA) is 326 Å². The summed E-state index contributed by atoms with van der Waals surface area (Å²) in [6, 6.07) is 6.82. The number of nitrogens with two attached hydrogens (primary N) is 1. The number of nitrogens with zero attached hydrogens (tertiary/aromatic N) is 1. The Hall–Kier alpha value is -3.47. The lowest BCUT2D eigenvalue weighted by atomic mass is 10.0. The van der Waals surface area contributed by atoms with E-state index in [1.165, 1.54) is 0 Å². The van der Waals surface area contributed by atoms with Gasteiger partial charge in [-0.05, 0) is 5.56 Å². The third-order valence-corrected chi connectivity index (χ3v) is 9.52. The summed E-state index contributed by atoms with van der Waals surface area (Å²) in [6.45, 7) is -1.48. The minimum absolute atomic E-state index is 0.287.